The molecule has 2 aliphatic rings. The molecular weight excluding hydrogens is 296 g/mol. The fraction of sp³-hybridized carbons (Fsp3) is 0.375. The molecule has 4 atom stereocenters. The normalized spacial score (nSPS) is 31.6. The number of benzene rings is 1. The Labute approximate surface area is 133 Å². The predicted octanol–water partition coefficient (Wildman–Crippen LogP) is 1.58. The lowest BCUT2D eigenvalue weighted by Gasteiger charge is -2.27. The van der Waals surface area contributed by atoms with Crippen molar-refractivity contribution in [3.05, 3.63) is 42.1 Å². The summed E-state index contributed by atoms with van der Waals surface area (Å²) in [5, 5.41) is 4.49. The standard InChI is InChI=1S/C16H18N4OS/c1-9-14-15(22-8-13(21)18-16(14)20-19-9)11-6-7-17-12-5-3-2-4-10(11)12/h2-7,9,14-16,19-20H,8H2,1H3,(H,18,21). The number of pyridine rings is 1. The van der Waals surface area contributed by atoms with Crippen molar-refractivity contribution in [2.45, 2.75) is 24.4 Å². The molecule has 0 saturated carbocycles. The van der Waals surface area contributed by atoms with Crippen LogP contribution in [0.3, 0.4) is 0 Å². The number of hydrogen-bond donors (Lipinski definition) is 3. The Morgan fingerprint density at radius 3 is 3.00 bits per heavy atom. The Kier molecular flexibility index (Phi) is 3.52. The van der Waals surface area contributed by atoms with Crippen molar-refractivity contribution in [1.82, 2.24) is 21.2 Å². The molecule has 3 heterocycles. The van der Waals surface area contributed by atoms with E-state index < -0.39 is 0 Å². The van der Waals surface area contributed by atoms with Gasteiger partial charge in [0.15, 0.2) is 0 Å². The molecule has 0 spiro atoms. The number of amides is 1. The molecule has 1 aromatic carbocycles. The quantitative estimate of drug-likeness (QED) is 0.746. The van der Waals surface area contributed by atoms with Crippen LogP contribution in [0.1, 0.15) is 17.7 Å². The van der Waals surface area contributed by atoms with Gasteiger partial charge in [-0.15, -0.1) is 11.8 Å². The molecule has 22 heavy (non-hydrogen) atoms. The number of carbonyl (C=O) groups excluding carboxylic acids is 1. The third kappa shape index (κ3) is 2.27. The van der Waals surface area contributed by atoms with Crippen LogP contribution in [0.5, 0.6) is 0 Å². The number of rotatable bonds is 1. The summed E-state index contributed by atoms with van der Waals surface area (Å²) in [5.74, 6) is 0.870. The van der Waals surface area contributed by atoms with Crippen LogP contribution in [0, 0.1) is 5.92 Å². The first-order chi connectivity index (χ1) is 10.7. The van der Waals surface area contributed by atoms with Gasteiger partial charge in [-0.05, 0) is 24.6 Å². The molecule has 0 bridgehead atoms. The maximum Gasteiger partial charge on any atom is 0.231 e. The highest BCUT2D eigenvalue weighted by atomic mass is 32.2. The Morgan fingerprint density at radius 2 is 2.09 bits per heavy atom. The maximum atomic E-state index is 12.0. The van der Waals surface area contributed by atoms with Gasteiger partial charge in [0, 0.05) is 28.8 Å². The summed E-state index contributed by atoms with van der Waals surface area (Å²) in [7, 11) is 0. The fourth-order valence-electron chi connectivity index (χ4n) is 3.43. The van der Waals surface area contributed by atoms with Gasteiger partial charge >= 0.3 is 0 Å². The molecule has 6 heteroatoms. The van der Waals surface area contributed by atoms with E-state index in [-0.39, 0.29) is 23.4 Å². The minimum atomic E-state index is -0.0329. The Morgan fingerprint density at radius 1 is 1.23 bits per heavy atom. The third-order valence-corrected chi connectivity index (χ3v) is 5.83. The molecule has 4 rings (SSSR count). The molecular formula is C16H18N4OS. The van der Waals surface area contributed by atoms with Gasteiger partial charge in [-0.1, -0.05) is 18.2 Å². The van der Waals surface area contributed by atoms with E-state index in [0.29, 0.717) is 11.7 Å². The molecule has 5 nitrogen and oxygen atoms in total. The number of aromatic nitrogens is 1. The number of thioether (sulfide) groups is 1. The summed E-state index contributed by atoms with van der Waals surface area (Å²) in [6.07, 6.45) is 1.84. The summed E-state index contributed by atoms with van der Waals surface area (Å²) >= 11 is 1.72. The van der Waals surface area contributed by atoms with Crippen LogP contribution in [-0.4, -0.2) is 28.9 Å². The number of nitrogens with one attached hydrogen (secondary N) is 3. The number of nitrogens with zero attached hydrogens (tertiary/aromatic N) is 1. The largest absolute Gasteiger partial charge is 0.338 e. The first-order valence-corrected chi connectivity index (χ1v) is 8.54. The molecule has 2 aliphatic heterocycles. The van der Waals surface area contributed by atoms with Crippen LogP contribution in [-0.2, 0) is 4.79 Å². The summed E-state index contributed by atoms with van der Waals surface area (Å²) in [5.41, 5.74) is 8.75. The SMILES string of the molecule is CC1NNC2NC(=O)CSC(c3ccnc4ccccc34)C12. The summed E-state index contributed by atoms with van der Waals surface area (Å²) in [6.45, 7) is 2.16. The lowest BCUT2D eigenvalue weighted by molar-refractivity contribution is -0.119. The van der Waals surface area contributed by atoms with Crippen LogP contribution in [0.25, 0.3) is 10.9 Å². The van der Waals surface area contributed by atoms with E-state index in [0.717, 1.165) is 5.52 Å². The van der Waals surface area contributed by atoms with E-state index >= 15 is 0 Å². The molecule has 2 fully saturated rings. The second-order valence-corrected chi connectivity index (χ2v) is 6.98. The summed E-state index contributed by atoms with van der Waals surface area (Å²) in [4.78, 5) is 16.4. The van der Waals surface area contributed by atoms with Crippen molar-refractivity contribution in [1.29, 1.82) is 0 Å². The highest BCUT2D eigenvalue weighted by Crippen LogP contribution is 2.43. The molecule has 1 amide bonds. The highest BCUT2D eigenvalue weighted by Gasteiger charge is 2.43. The molecule has 114 valence electrons. The average Bonchev–Trinajstić information content (AvgIpc) is 2.79. The number of para-hydroxylation sites is 1. The second kappa shape index (κ2) is 5.53. The van der Waals surface area contributed by atoms with E-state index in [9.17, 15) is 4.79 Å². The highest BCUT2D eigenvalue weighted by molar-refractivity contribution is 8.00. The van der Waals surface area contributed by atoms with E-state index in [2.05, 4.69) is 40.2 Å². The lowest BCUT2D eigenvalue weighted by Crippen LogP contribution is -2.46. The Bertz CT molecular complexity index is 717. The number of hydrogen-bond acceptors (Lipinski definition) is 5. The van der Waals surface area contributed by atoms with E-state index in [1.54, 1.807) is 11.8 Å². The topological polar surface area (TPSA) is 66.0 Å². The van der Waals surface area contributed by atoms with Crippen LogP contribution in [0.4, 0.5) is 0 Å². The molecule has 1 aromatic heterocycles. The zero-order chi connectivity index (χ0) is 15.1. The zero-order valence-electron chi connectivity index (χ0n) is 12.2. The van der Waals surface area contributed by atoms with Crippen molar-refractivity contribution >= 4 is 28.6 Å². The molecule has 2 aromatic rings. The zero-order valence-corrected chi connectivity index (χ0v) is 13.1. The van der Waals surface area contributed by atoms with E-state index in [4.69, 9.17) is 0 Å². The lowest BCUT2D eigenvalue weighted by atomic mass is 9.90. The van der Waals surface area contributed by atoms with Crippen LogP contribution < -0.4 is 16.2 Å². The van der Waals surface area contributed by atoms with Gasteiger partial charge in [0.2, 0.25) is 5.91 Å². The number of hydrazine groups is 1. The minimum absolute atomic E-state index is 0.0329. The Hall–Kier alpha value is -1.63. The summed E-state index contributed by atoms with van der Waals surface area (Å²) < 4.78 is 0. The number of fused-ring (bicyclic) bond motifs is 2. The van der Waals surface area contributed by atoms with Crippen molar-refractivity contribution in [3.8, 4) is 0 Å². The van der Waals surface area contributed by atoms with Gasteiger partial charge in [0.25, 0.3) is 0 Å². The second-order valence-electron chi connectivity index (χ2n) is 5.85. The van der Waals surface area contributed by atoms with Crippen molar-refractivity contribution in [3.63, 3.8) is 0 Å². The van der Waals surface area contributed by atoms with Crippen LogP contribution in [0.2, 0.25) is 0 Å². The van der Waals surface area contributed by atoms with Gasteiger partial charge in [0.05, 0.1) is 17.4 Å². The molecule has 3 N–H and O–H groups in total. The van der Waals surface area contributed by atoms with Gasteiger partial charge in [-0.25, -0.2) is 5.43 Å². The van der Waals surface area contributed by atoms with Crippen LogP contribution >= 0.6 is 11.8 Å². The smallest absolute Gasteiger partial charge is 0.231 e. The molecule has 4 unspecified atom stereocenters. The first kappa shape index (κ1) is 14.0. The summed E-state index contributed by atoms with van der Waals surface area (Å²) in [6, 6.07) is 10.6. The average molecular weight is 314 g/mol. The van der Waals surface area contributed by atoms with E-state index in [1.807, 2.05) is 24.4 Å². The van der Waals surface area contributed by atoms with Crippen molar-refractivity contribution < 1.29 is 4.79 Å². The molecule has 0 aliphatic carbocycles. The fourth-order valence-corrected chi connectivity index (χ4v) is 4.84. The van der Waals surface area contributed by atoms with Crippen LogP contribution in [0.15, 0.2) is 36.5 Å². The minimum Gasteiger partial charge on any atom is -0.338 e. The maximum absolute atomic E-state index is 12.0. The molecule has 2 saturated heterocycles. The van der Waals surface area contributed by atoms with Gasteiger partial charge in [-0.2, -0.15) is 0 Å². The van der Waals surface area contributed by atoms with Gasteiger partial charge in [-0.3, -0.25) is 15.2 Å². The van der Waals surface area contributed by atoms with Crippen molar-refractivity contribution in [2.24, 2.45) is 5.92 Å². The molecule has 0 radical (unpaired) electrons. The third-order valence-electron chi connectivity index (χ3n) is 4.48. The predicted molar refractivity (Wildman–Crippen MR) is 88.1 cm³/mol. The first-order valence-electron chi connectivity index (χ1n) is 7.50. The van der Waals surface area contributed by atoms with Gasteiger partial charge in [0.1, 0.15) is 0 Å². The Balaban J connectivity index is 1.83. The van der Waals surface area contributed by atoms with Crippen molar-refractivity contribution in [2.75, 3.05) is 5.75 Å². The van der Waals surface area contributed by atoms with Gasteiger partial charge < -0.3 is 5.32 Å². The van der Waals surface area contributed by atoms with E-state index in [1.165, 1.54) is 10.9 Å². The monoisotopic (exact) mass is 314 g/mol. The number of carbonyl (C=O) groups is 1.